The predicted molar refractivity (Wildman–Crippen MR) is 78.6 cm³/mol. The summed E-state index contributed by atoms with van der Waals surface area (Å²) < 4.78 is 10.7. The average molecular weight is 320 g/mol. The van der Waals surface area contributed by atoms with E-state index in [0.717, 1.165) is 0 Å². The van der Waals surface area contributed by atoms with Crippen molar-refractivity contribution in [2.45, 2.75) is 49.9 Å². The number of nitrogens with zero attached hydrogens (tertiary/aromatic N) is 2. The summed E-state index contributed by atoms with van der Waals surface area (Å²) in [6.07, 6.45) is 0.617. The van der Waals surface area contributed by atoms with Crippen LogP contribution in [0.25, 0.3) is 0 Å². The summed E-state index contributed by atoms with van der Waals surface area (Å²) in [5, 5.41) is -1.04. The van der Waals surface area contributed by atoms with Crippen molar-refractivity contribution in [2.75, 3.05) is 14.2 Å². The van der Waals surface area contributed by atoms with Crippen molar-refractivity contribution in [3.8, 4) is 0 Å². The van der Waals surface area contributed by atoms with E-state index in [1.807, 2.05) is 13.8 Å². The molecule has 4 atom stereocenters. The molecule has 3 fully saturated rings. The Balaban J connectivity index is 2.28. The molecule has 3 rings (SSSR count). The molecule has 0 aromatic rings. The van der Waals surface area contributed by atoms with E-state index < -0.39 is 10.7 Å². The summed E-state index contributed by atoms with van der Waals surface area (Å²) in [7, 11) is 5.98. The monoisotopic (exact) mass is 320 g/mol. The van der Waals surface area contributed by atoms with E-state index in [1.54, 1.807) is 24.0 Å². The number of hydrogen-bond donors (Lipinski definition) is 0. The zero-order valence-corrected chi connectivity index (χ0v) is 13.7. The molecule has 0 radical (unpaired) electrons. The molecule has 2 bridgehead atoms. The quantitative estimate of drug-likeness (QED) is 0.691. The van der Waals surface area contributed by atoms with Gasteiger partial charge in [-0.2, -0.15) is 0 Å². The largest absolute Gasteiger partial charge is 0.361 e. The van der Waals surface area contributed by atoms with Crippen LogP contribution in [0.5, 0.6) is 0 Å². The number of carbonyl (C=O) groups excluding carboxylic acids is 2. The Labute approximate surface area is 126 Å². The zero-order valence-electron chi connectivity index (χ0n) is 12.1. The van der Waals surface area contributed by atoms with Crippen molar-refractivity contribution < 1.29 is 19.1 Å². The highest BCUT2D eigenvalue weighted by Gasteiger charge is 2.55. The fraction of sp³-hybridized carbons (Fsp3) is 0.833. The molecule has 0 aromatic carbocycles. The van der Waals surface area contributed by atoms with Gasteiger partial charge < -0.3 is 9.47 Å². The molecule has 4 unspecified atom stereocenters. The van der Waals surface area contributed by atoms with Gasteiger partial charge in [-0.05, 0) is 12.8 Å². The van der Waals surface area contributed by atoms with Gasteiger partial charge in [-0.25, -0.2) is 0 Å². The first kappa shape index (κ1) is 15.9. The third-order valence-corrected chi connectivity index (χ3v) is 6.30. The maximum atomic E-state index is 12.6. The number of fused-ring (bicyclic) bond motifs is 3. The minimum absolute atomic E-state index is 0.0671. The molecule has 3 aliphatic rings. The van der Waals surface area contributed by atoms with Gasteiger partial charge >= 0.3 is 0 Å². The summed E-state index contributed by atoms with van der Waals surface area (Å²) in [6, 6.07) is 0. The number of amides is 2. The summed E-state index contributed by atoms with van der Waals surface area (Å²) in [4.78, 5) is 28.4. The molecule has 0 spiro atoms. The lowest BCUT2D eigenvalue weighted by molar-refractivity contribution is -0.177. The Morgan fingerprint density at radius 1 is 0.950 bits per heavy atom. The molecule has 6 nitrogen and oxygen atoms in total. The van der Waals surface area contributed by atoms with Crippen molar-refractivity contribution in [1.29, 1.82) is 0 Å². The fourth-order valence-corrected chi connectivity index (χ4v) is 5.51. The van der Waals surface area contributed by atoms with Crippen molar-refractivity contribution >= 4 is 33.4 Å². The van der Waals surface area contributed by atoms with E-state index in [9.17, 15) is 9.59 Å². The highest BCUT2D eigenvalue weighted by atomic mass is 33.1. The Hall–Kier alpha value is -0.440. The van der Waals surface area contributed by atoms with Crippen molar-refractivity contribution in [1.82, 2.24) is 9.80 Å². The van der Waals surface area contributed by atoms with Crippen LogP contribution in [0.3, 0.4) is 0 Å². The van der Waals surface area contributed by atoms with E-state index in [-0.39, 0.29) is 24.3 Å². The van der Waals surface area contributed by atoms with Gasteiger partial charge in [0, 0.05) is 14.2 Å². The fourth-order valence-electron chi connectivity index (χ4n) is 2.54. The van der Waals surface area contributed by atoms with Gasteiger partial charge in [-0.1, -0.05) is 35.4 Å². The van der Waals surface area contributed by atoms with Crippen LogP contribution in [-0.2, 0) is 19.1 Å². The standard InChI is InChI=1S/C12H20N2O4S2/c1-5-7(17-3)13-9(15)12-14(8(6-2)18-4)10(16)11(13)19-20-12/h7-8,11-12H,5-6H2,1-4H3. The van der Waals surface area contributed by atoms with Crippen LogP contribution < -0.4 is 0 Å². The number of carbonyl (C=O) groups is 2. The second kappa shape index (κ2) is 6.55. The van der Waals surface area contributed by atoms with Gasteiger partial charge in [0.1, 0.15) is 12.5 Å². The molecule has 0 saturated carbocycles. The summed E-state index contributed by atoms with van der Waals surface area (Å²) in [5.74, 6) is -0.134. The number of methoxy groups -OCH3 is 2. The Bertz CT molecular complexity index is 352. The Morgan fingerprint density at radius 2 is 1.30 bits per heavy atom. The lowest BCUT2D eigenvalue weighted by atomic mass is 10.2. The van der Waals surface area contributed by atoms with E-state index in [2.05, 4.69) is 0 Å². The summed E-state index contributed by atoms with van der Waals surface area (Å²) >= 11 is 0. The maximum Gasteiger partial charge on any atom is 0.260 e. The smallest absolute Gasteiger partial charge is 0.260 e. The van der Waals surface area contributed by atoms with Crippen LogP contribution in [0.1, 0.15) is 26.7 Å². The molecule has 2 amide bonds. The van der Waals surface area contributed by atoms with Crippen molar-refractivity contribution in [2.24, 2.45) is 0 Å². The normalized spacial score (nSPS) is 29.0. The first-order chi connectivity index (χ1) is 9.60. The van der Waals surface area contributed by atoms with Crippen LogP contribution in [0.2, 0.25) is 0 Å². The zero-order chi connectivity index (χ0) is 14.9. The number of piperazine rings is 1. The van der Waals surface area contributed by atoms with Crippen LogP contribution in [0.15, 0.2) is 0 Å². The van der Waals surface area contributed by atoms with Crippen molar-refractivity contribution in [3.05, 3.63) is 0 Å². The second-order valence-electron chi connectivity index (χ2n) is 4.59. The molecule has 0 aromatic heterocycles. The van der Waals surface area contributed by atoms with Gasteiger partial charge in [-0.15, -0.1) is 0 Å². The predicted octanol–water partition coefficient (Wildman–Crippen LogP) is 1.47. The van der Waals surface area contributed by atoms with E-state index in [4.69, 9.17) is 9.47 Å². The van der Waals surface area contributed by atoms with Gasteiger partial charge in [0.25, 0.3) is 11.8 Å². The number of rotatable bonds is 6. The lowest BCUT2D eigenvalue weighted by Gasteiger charge is -2.51. The molecule has 0 aliphatic carbocycles. The highest BCUT2D eigenvalue weighted by Crippen LogP contribution is 2.48. The molecule has 8 heteroatoms. The topological polar surface area (TPSA) is 59.1 Å². The van der Waals surface area contributed by atoms with Gasteiger partial charge in [0.15, 0.2) is 10.7 Å². The number of hydrogen-bond acceptors (Lipinski definition) is 6. The minimum Gasteiger partial charge on any atom is -0.361 e. The van der Waals surface area contributed by atoms with Crippen molar-refractivity contribution in [3.63, 3.8) is 0 Å². The molecule has 3 saturated heterocycles. The van der Waals surface area contributed by atoms with E-state index >= 15 is 0 Å². The summed E-state index contributed by atoms with van der Waals surface area (Å²) in [6.45, 7) is 3.88. The molecule has 0 N–H and O–H groups in total. The first-order valence-corrected chi connectivity index (χ1v) is 8.90. The Kier molecular flexibility index (Phi) is 5.22. The van der Waals surface area contributed by atoms with E-state index in [0.29, 0.717) is 12.8 Å². The molecule has 3 heterocycles. The maximum absolute atomic E-state index is 12.6. The van der Waals surface area contributed by atoms with Gasteiger partial charge in [0.2, 0.25) is 0 Å². The molecule has 114 valence electrons. The van der Waals surface area contributed by atoms with E-state index in [1.165, 1.54) is 21.6 Å². The third-order valence-electron chi connectivity index (χ3n) is 3.54. The lowest BCUT2D eigenvalue weighted by Crippen LogP contribution is -2.69. The average Bonchev–Trinajstić information content (AvgIpc) is 2.46. The van der Waals surface area contributed by atoms with Gasteiger partial charge in [0.05, 0.1) is 0 Å². The van der Waals surface area contributed by atoms with Crippen LogP contribution >= 0.6 is 21.6 Å². The third kappa shape index (κ3) is 2.43. The minimum atomic E-state index is -0.522. The van der Waals surface area contributed by atoms with Gasteiger partial charge in [-0.3, -0.25) is 19.4 Å². The second-order valence-corrected chi connectivity index (χ2v) is 7.02. The highest BCUT2D eigenvalue weighted by molar-refractivity contribution is 8.77. The Morgan fingerprint density at radius 3 is 1.55 bits per heavy atom. The molecule has 3 aliphatic heterocycles. The first-order valence-electron chi connectivity index (χ1n) is 6.62. The SMILES string of the molecule is CCC(OC)N1C(=O)C2SSC1C(=O)N2C(CC)OC. The van der Waals surface area contributed by atoms with Crippen LogP contribution in [0.4, 0.5) is 0 Å². The van der Waals surface area contributed by atoms with Crippen LogP contribution in [-0.4, -0.2) is 59.0 Å². The molecular formula is C12H20N2O4S2. The van der Waals surface area contributed by atoms with Crippen LogP contribution in [0, 0.1) is 0 Å². The molecular weight excluding hydrogens is 300 g/mol. The number of ether oxygens (including phenoxy) is 2. The summed E-state index contributed by atoms with van der Waals surface area (Å²) in [5.41, 5.74) is 0. The molecule has 20 heavy (non-hydrogen) atoms.